The predicted molar refractivity (Wildman–Crippen MR) is 75.0 cm³/mol. The normalized spacial score (nSPS) is 11.1. The molecule has 0 aromatic heterocycles. The van der Waals surface area contributed by atoms with E-state index in [4.69, 9.17) is 0 Å². The first-order chi connectivity index (χ1) is 9.79. The maximum atomic E-state index is 13.4. The first-order valence-corrected chi connectivity index (χ1v) is 7.31. The molecule has 0 spiro atoms. The molecule has 0 aliphatic heterocycles. The number of sulfonamides is 1. The van der Waals surface area contributed by atoms with Gasteiger partial charge in [-0.2, -0.15) is 0 Å². The predicted octanol–water partition coefficient (Wildman–Crippen LogP) is 2.84. The van der Waals surface area contributed by atoms with Gasteiger partial charge in [0.25, 0.3) is 15.7 Å². The van der Waals surface area contributed by atoms with Crippen LogP contribution in [0.3, 0.4) is 0 Å². The van der Waals surface area contributed by atoms with Crippen molar-refractivity contribution < 1.29 is 17.7 Å². The van der Waals surface area contributed by atoms with Crippen molar-refractivity contribution in [3.05, 3.63) is 64.0 Å². The SMILES string of the molecule is Cc1ccc(S(=O)(=O)Nc2cccc([N+](=O)[O-])c2)cc1F. The molecular formula is C13H11FN2O4S. The Labute approximate surface area is 120 Å². The van der Waals surface area contributed by atoms with Gasteiger partial charge in [0.15, 0.2) is 0 Å². The van der Waals surface area contributed by atoms with Crippen LogP contribution in [0, 0.1) is 22.9 Å². The maximum Gasteiger partial charge on any atom is 0.271 e. The zero-order valence-corrected chi connectivity index (χ0v) is 11.7. The van der Waals surface area contributed by atoms with Gasteiger partial charge in [-0.3, -0.25) is 14.8 Å². The van der Waals surface area contributed by atoms with Gasteiger partial charge in [0.2, 0.25) is 0 Å². The number of nitro groups is 1. The quantitative estimate of drug-likeness (QED) is 0.694. The zero-order valence-electron chi connectivity index (χ0n) is 10.9. The second kappa shape index (κ2) is 5.49. The number of anilines is 1. The van der Waals surface area contributed by atoms with Crippen molar-refractivity contribution in [1.82, 2.24) is 0 Å². The largest absolute Gasteiger partial charge is 0.279 e. The minimum Gasteiger partial charge on any atom is -0.279 e. The fourth-order valence-corrected chi connectivity index (χ4v) is 2.70. The zero-order chi connectivity index (χ0) is 15.6. The molecule has 0 saturated carbocycles. The number of benzene rings is 2. The summed E-state index contributed by atoms with van der Waals surface area (Å²) in [6, 6.07) is 8.55. The number of nitrogens with one attached hydrogen (secondary N) is 1. The Morgan fingerprint density at radius 1 is 1.19 bits per heavy atom. The second-order valence-electron chi connectivity index (χ2n) is 4.32. The number of rotatable bonds is 4. The molecule has 8 heteroatoms. The Morgan fingerprint density at radius 2 is 1.90 bits per heavy atom. The van der Waals surface area contributed by atoms with E-state index in [1.54, 1.807) is 0 Å². The van der Waals surface area contributed by atoms with Crippen LogP contribution in [-0.4, -0.2) is 13.3 Å². The second-order valence-corrected chi connectivity index (χ2v) is 6.01. The average Bonchev–Trinajstić information content (AvgIpc) is 2.41. The van der Waals surface area contributed by atoms with Crippen molar-refractivity contribution in [2.75, 3.05) is 4.72 Å². The molecule has 6 nitrogen and oxygen atoms in total. The van der Waals surface area contributed by atoms with Gasteiger partial charge in [0.05, 0.1) is 15.5 Å². The van der Waals surface area contributed by atoms with Crippen molar-refractivity contribution >= 4 is 21.4 Å². The Kier molecular flexibility index (Phi) is 3.90. The van der Waals surface area contributed by atoms with E-state index in [1.165, 1.54) is 37.3 Å². The lowest BCUT2D eigenvalue weighted by Crippen LogP contribution is -2.13. The van der Waals surface area contributed by atoms with Crippen LogP contribution in [0.2, 0.25) is 0 Å². The van der Waals surface area contributed by atoms with Gasteiger partial charge >= 0.3 is 0 Å². The molecule has 0 saturated heterocycles. The highest BCUT2D eigenvalue weighted by atomic mass is 32.2. The molecule has 21 heavy (non-hydrogen) atoms. The summed E-state index contributed by atoms with van der Waals surface area (Å²) < 4.78 is 39.8. The van der Waals surface area contributed by atoms with Gasteiger partial charge in [-0.15, -0.1) is 0 Å². The van der Waals surface area contributed by atoms with Crippen LogP contribution in [0.5, 0.6) is 0 Å². The monoisotopic (exact) mass is 310 g/mol. The van der Waals surface area contributed by atoms with Gasteiger partial charge in [-0.25, -0.2) is 12.8 Å². The van der Waals surface area contributed by atoms with E-state index in [-0.39, 0.29) is 16.3 Å². The van der Waals surface area contributed by atoms with Crippen LogP contribution in [0.4, 0.5) is 15.8 Å². The fourth-order valence-electron chi connectivity index (χ4n) is 1.64. The molecule has 2 aromatic rings. The first-order valence-electron chi connectivity index (χ1n) is 5.83. The molecule has 0 bridgehead atoms. The third kappa shape index (κ3) is 3.34. The van der Waals surface area contributed by atoms with E-state index in [0.717, 1.165) is 12.1 Å². The Hall–Kier alpha value is -2.48. The third-order valence-corrected chi connectivity index (χ3v) is 4.14. The fraction of sp³-hybridized carbons (Fsp3) is 0.0769. The van der Waals surface area contributed by atoms with E-state index in [2.05, 4.69) is 4.72 Å². The molecule has 110 valence electrons. The number of non-ortho nitro benzene ring substituents is 1. The molecule has 0 atom stereocenters. The summed E-state index contributed by atoms with van der Waals surface area (Å²) in [7, 11) is -4.01. The molecule has 0 radical (unpaired) electrons. The minimum absolute atomic E-state index is 0.0326. The standard InChI is InChI=1S/C13H11FN2O4S/c1-9-5-6-12(8-13(9)14)21(19,20)15-10-3-2-4-11(7-10)16(17)18/h2-8,15H,1H3. The summed E-state index contributed by atoms with van der Waals surface area (Å²) in [5.74, 6) is -0.642. The molecule has 0 aliphatic carbocycles. The van der Waals surface area contributed by atoms with Crippen LogP contribution in [-0.2, 0) is 10.0 Å². The summed E-state index contributed by atoms with van der Waals surface area (Å²) in [6.45, 7) is 1.51. The molecule has 0 aliphatic rings. The van der Waals surface area contributed by atoms with Gasteiger partial charge in [-0.05, 0) is 30.7 Å². The highest BCUT2D eigenvalue weighted by Gasteiger charge is 2.17. The number of nitrogens with zero attached hydrogens (tertiary/aromatic N) is 1. The topological polar surface area (TPSA) is 89.3 Å². The van der Waals surface area contributed by atoms with Gasteiger partial charge < -0.3 is 0 Å². The minimum atomic E-state index is -4.01. The molecule has 2 aromatic carbocycles. The number of aryl methyl sites for hydroxylation is 1. The van der Waals surface area contributed by atoms with Crippen molar-refractivity contribution in [1.29, 1.82) is 0 Å². The average molecular weight is 310 g/mol. The van der Waals surface area contributed by atoms with E-state index in [0.29, 0.717) is 5.56 Å². The maximum absolute atomic E-state index is 13.4. The van der Waals surface area contributed by atoms with Crippen LogP contribution in [0.1, 0.15) is 5.56 Å². The summed E-state index contributed by atoms with van der Waals surface area (Å²) in [5, 5.41) is 10.6. The van der Waals surface area contributed by atoms with Crippen LogP contribution in [0.25, 0.3) is 0 Å². The van der Waals surface area contributed by atoms with Crippen molar-refractivity contribution in [2.24, 2.45) is 0 Å². The lowest BCUT2D eigenvalue weighted by molar-refractivity contribution is -0.384. The molecular weight excluding hydrogens is 299 g/mol. The van der Waals surface area contributed by atoms with Crippen molar-refractivity contribution in [3.8, 4) is 0 Å². The summed E-state index contributed by atoms with van der Waals surface area (Å²) in [6.07, 6.45) is 0. The van der Waals surface area contributed by atoms with Crippen molar-refractivity contribution in [2.45, 2.75) is 11.8 Å². The summed E-state index contributed by atoms with van der Waals surface area (Å²) in [5.41, 5.74) is 0.111. The lowest BCUT2D eigenvalue weighted by atomic mass is 10.2. The molecule has 0 fully saturated rings. The van der Waals surface area contributed by atoms with E-state index in [1.807, 2.05) is 0 Å². The molecule has 0 unspecified atom stereocenters. The number of halogens is 1. The Balaban J connectivity index is 2.35. The van der Waals surface area contributed by atoms with Crippen LogP contribution < -0.4 is 4.72 Å². The highest BCUT2D eigenvalue weighted by Crippen LogP contribution is 2.21. The first kappa shape index (κ1) is 14.9. The third-order valence-electron chi connectivity index (χ3n) is 2.76. The summed E-state index contributed by atoms with van der Waals surface area (Å²) in [4.78, 5) is 9.76. The number of hydrogen-bond donors (Lipinski definition) is 1. The Morgan fingerprint density at radius 3 is 2.52 bits per heavy atom. The molecule has 0 amide bonds. The summed E-state index contributed by atoms with van der Waals surface area (Å²) >= 11 is 0. The van der Waals surface area contributed by atoms with E-state index >= 15 is 0 Å². The molecule has 0 heterocycles. The Bertz CT molecular complexity index is 806. The number of nitro benzene ring substituents is 1. The smallest absolute Gasteiger partial charge is 0.271 e. The highest BCUT2D eigenvalue weighted by molar-refractivity contribution is 7.92. The lowest BCUT2D eigenvalue weighted by Gasteiger charge is -2.08. The molecule has 2 rings (SSSR count). The van der Waals surface area contributed by atoms with Crippen LogP contribution in [0.15, 0.2) is 47.4 Å². The van der Waals surface area contributed by atoms with Gasteiger partial charge in [-0.1, -0.05) is 12.1 Å². The van der Waals surface area contributed by atoms with Crippen molar-refractivity contribution in [3.63, 3.8) is 0 Å². The molecule has 1 N–H and O–H groups in total. The van der Waals surface area contributed by atoms with Crippen LogP contribution >= 0.6 is 0 Å². The van der Waals surface area contributed by atoms with Gasteiger partial charge in [0, 0.05) is 12.1 Å². The number of hydrogen-bond acceptors (Lipinski definition) is 4. The van der Waals surface area contributed by atoms with E-state index in [9.17, 15) is 22.9 Å². The van der Waals surface area contributed by atoms with E-state index < -0.39 is 20.8 Å². The van der Waals surface area contributed by atoms with Gasteiger partial charge in [0.1, 0.15) is 5.82 Å².